The minimum Gasteiger partial charge on any atom is -0.391 e. The van der Waals surface area contributed by atoms with Crippen molar-refractivity contribution in [3.05, 3.63) is 23.5 Å². The molecule has 0 aliphatic heterocycles. The lowest BCUT2D eigenvalue weighted by Crippen LogP contribution is -2.35. The molecular formula is C15H20N4O2. The largest absolute Gasteiger partial charge is 0.391 e. The van der Waals surface area contributed by atoms with Crippen molar-refractivity contribution >= 4 is 16.9 Å². The van der Waals surface area contributed by atoms with E-state index >= 15 is 0 Å². The van der Waals surface area contributed by atoms with Gasteiger partial charge >= 0.3 is 0 Å². The third-order valence-electron chi connectivity index (χ3n) is 4.04. The van der Waals surface area contributed by atoms with Gasteiger partial charge in [0.1, 0.15) is 0 Å². The van der Waals surface area contributed by atoms with Crippen molar-refractivity contribution in [1.82, 2.24) is 19.7 Å². The lowest BCUT2D eigenvalue weighted by Gasteiger charge is -2.21. The van der Waals surface area contributed by atoms with E-state index in [1.165, 1.54) is 0 Å². The molecule has 1 aliphatic carbocycles. The van der Waals surface area contributed by atoms with E-state index < -0.39 is 6.10 Å². The zero-order valence-electron chi connectivity index (χ0n) is 12.6. The van der Waals surface area contributed by atoms with Crippen molar-refractivity contribution in [3.63, 3.8) is 0 Å². The Morgan fingerprint density at radius 1 is 1.57 bits per heavy atom. The predicted octanol–water partition coefficient (Wildman–Crippen LogP) is 1.12. The van der Waals surface area contributed by atoms with Gasteiger partial charge in [-0.25, -0.2) is 4.98 Å². The molecular weight excluding hydrogens is 268 g/mol. The first-order chi connectivity index (χ1) is 9.97. The Bertz CT molecular complexity index is 690. The molecule has 2 heterocycles. The van der Waals surface area contributed by atoms with Gasteiger partial charge in [0.25, 0.3) is 5.91 Å². The van der Waals surface area contributed by atoms with E-state index in [9.17, 15) is 9.90 Å². The van der Waals surface area contributed by atoms with E-state index in [0.717, 1.165) is 23.9 Å². The highest BCUT2D eigenvalue weighted by Crippen LogP contribution is 2.33. The molecule has 1 N–H and O–H groups in total. The van der Waals surface area contributed by atoms with Crippen molar-refractivity contribution in [1.29, 1.82) is 0 Å². The fraction of sp³-hybridized carbons (Fsp3) is 0.533. The Balaban J connectivity index is 1.89. The average molecular weight is 288 g/mol. The fourth-order valence-electron chi connectivity index (χ4n) is 2.62. The normalized spacial score (nSPS) is 16.2. The van der Waals surface area contributed by atoms with Gasteiger partial charge in [0.05, 0.1) is 23.3 Å². The molecule has 1 amide bonds. The third kappa shape index (κ3) is 2.63. The maximum absolute atomic E-state index is 12.6. The van der Waals surface area contributed by atoms with Gasteiger partial charge in [-0.15, -0.1) is 0 Å². The summed E-state index contributed by atoms with van der Waals surface area (Å²) in [6.45, 7) is 2.23. The van der Waals surface area contributed by atoms with Gasteiger partial charge in [0, 0.05) is 26.3 Å². The minimum absolute atomic E-state index is 0.0989. The zero-order chi connectivity index (χ0) is 15.1. The topological polar surface area (TPSA) is 71.2 Å². The molecule has 2 aromatic heterocycles. The van der Waals surface area contributed by atoms with Crippen LogP contribution in [0.2, 0.25) is 0 Å². The average Bonchev–Trinajstić information content (AvgIpc) is 3.23. The van der Waals surface area contributed by atoms with E-state index in [-0.39, 0.29) is 5.91 Å². The summed E-state index contributed by atoms with van der Waals surface area (Å²) in [7, 11) is 3.54. The molecule has 6 nitrogen and oxygen atoms in total. The van der Waals surface area contributed by atoms with Gasteiger partial charge in [0.2, 0.25) is 0 Å². The molecule has 0 radical (unpaired) electrons. The van der Waals surface area contributed by atoms with Crippen molar-refractivity contribution in [2.75, 3.05) is 13.6 Å². The number of aliphatic hydroxyl groups is 1. The second kappa shape index (κ2) is 5.11. The van der Waals surface area contributed by atoms with Crippen LogP contribution in [0.3, 0.4) is 0 Å². The predicted molar refractivity (Wildman–Crippen MR) is 78.9 cm³/mol. The van der Waals surface area contributed by atoms with Crippen molar-refractivity contribution in [2.24, 2.45) is 13.0 Å². The van der Waals surface area contributed by atoms with Crippen molar-refractivity contribution < 1.29 is 9.90 Å². The van der Waals surface area contributed by atoms with Gasteiger partial charge in [-0.2, -0.15) is 5.10 Å². The molecule has 0 bridgehead atoms. The Kier molecular flexibility index (Phi) is 3.41. The number of aliphatic hydroxyl groups excluding tert-OH is 1. The SMILES string of the molecule is Cc1cc(C(=O)N(C)CC(O)C2CC2)c2cnn(C)c2n1. The van der Waals surface area contributed by atoms with Crippen molar-refractivity contribution in [2.45, 2.75) is 25.9 Å². The van der Waals surface area contributed by atoms with E-state index in [1.807, 2.05) is 14.0 Å². The number of nitrogens with zero attached hydrogens (tertiary/aromatic N) is 4. The Morgan fingerprint density at radius 3 is 2.95 bits per heavy atom. The van der Waals surface area contributed by atoms with Crippen LogP contribution in [0.1, 0.15) is 28.9 Å². The Morgan fingerprint density at radius 2 is 2.29 bits per heavy atom. The summed E-state index contributed by atoms with van der Waals surface area (Å²) in [5.74, 6) is 0.260. The molecule has 1 atom stereocenters. The first kappa shape index (κ1) is 14.0. The second-order valence-corrected chi connectivity index (χ2v) is 5.91. The van der Waals surface area contributed by atoms with Gasteiger partial charge in [-0.3, -0.25) is 9.48 Å². The molecule has 0 saturated heterocycles. The number of carbonyl (C=O) groups excluding carboxylic acids is 1. The van der Waals surface area contributed by atoms with E-state index in [2.05, 4.69) is 10.1 Å². The van der Waals surface area contributed by atoms with Crippen LogP contribution < -0.4 is 0 Å². The monoisotopic (exact) mass is 288 g/mol. The highest BCUT2D eigenvalue weighted by atomic mass is 16.3. The molecule has 1 fully saturated rings. The number of pyridine rings is 1. The van der Waals surface area contributed by atoms with Crippen molar-refractivity contribution in [3.8, 4) is 0 Å². The van der Waals surface area contributed by atoms with Gasteiger partial charge < -0.3 is 10.0 Å². The highest BCUT2D eigenvalue weighted by Gasteiger charge is 2.31. The summed E-state index contributed by atoms with van der Waals surface area (Å²) >= 11 is 0. The molecule has 1 saturated carbocycles. The molecule has 3 rings (SSSR count). The first-order valence-corrected chi connectivity index (χ1v) is 7.20. The smallest absolute Gasteiger partial charge is 0.254 e. The summed E-state index contributed by atoms with van der Waals surface area (Å²) in [6, 6.07) is 1.78. The minimum atomic E-state index is -0.425. The van der Waals surface area contributed by atoms with Gasteiger partial charge in [-0.05, 0) is 31.7 Å². The zero-order valence-corrected chi connectivity index (χ0v) is 12.6. The number of rotatable bonds is 4. The number of fused-ring (bicyclic) bond motifs is 1. The number of amides is 1. The molecule has 1 unspecified atom stereocenters. The van der Waals surface area contributed by atoms with E-state index in [4.69, 9.17) is 0 Å². The molecule has 2 aromatic rings. The van der Waals surface area contributed by atoms with Crippen LogP contribution in [-0.4, -0.2) is 50.4 Å². The number of carbonyl (C=O) groups is 1. The standard InChI is InChI=1S/C15H20N4O2/c1-9-6-11(12-7-16-19(3)14(12)17-9)15(21)18(2)8-13(20)10-4-5-10/h6-7,10,13,20H,4-5,8H2,1-3H3. The number of hydrogen-bond acceptors (Lipinski definition) is 4. The Labute approximate surface area is 123 Å². The van der Waals surface area contributed by atoms with Crippen LogP contribution in [0.15, 0.2) is 12.3 Å². The molecule has 21 heavy (non-hydrogen) atoms. The van der Waals surface area contributed by atoms with E-state index in [1.54, 1.807) is 28.9 Å². The quantitative estimate of drug-likeness (QED) is 0.915. The van der Waals surface area contributed by atoms with Crippen LogP contribution in [0.25, 0.3) is 11.0 Å². The van der Waals surface area contributed by atoms with Crippen LogP contribution in [0.5, 0.6) is 0 Å². The summed E-state index contributed by atoms with van der Waals surface area (Å²) in [5, 5.41) is 14.9. The summed E-state index contributed by atoms with van der Waals surface area (Å²) < 4.78 is 1.66. The number of aryl methyl sites for hydroxylation is 2. The third-order valence-corrected chi connectivity index (χ3v) is 4.04. The maximum atomic E-state index is 12.6. The fourth-order valence-corrected chi connectivity index (χ4v) is 2.62. The summed E-state index contributed by atoms with van der Waals surface area (Å²) in [5.41, 5.74) is 2.08. The Hall–Kier alpha value is -1.95. The lowest BCUT2D eigenvalue weighted by atomic mass is 10.1. The maximum Gasteiger partial charge on any atom is 0.254 e. The van der Waals surface area contributed by atoms with Gasteiger partial charge in [-0.1, -0.05) is 0 Å². The molecule has 0 spiro atoms. The molecule has 1 aliphatic rings. The first-order valence-electron chi connectivity index (χ1n) is 7.20. The highest BCUT2D eigenvalue weighted by molar-refractivity contribution is 6.05. The second-order valence-electron chi connectivity index (χ2n) is 5.91. The van der Waals surface area contributed by atoms with Crippen LogP contribution in [0, 0.1) is 12.8 Å². The molecule has 0 aromatic carbocycles. The van der Waals surface area contributed by atoms with Crippen LogP contribution >= 0.6 is 0 Å². The number of aromatic nitrogens is 3. The number of likely N-dealkylation sites (N-methyl/N-ethyl adjacent to an activating group) is 1. The molecule has 112 valence electrons. The van der Waals surface area contributed by atoms with Crippen LogP contribution in [-0.2, 0) is 7.05 Å². The summed E-state index contributed by atoms with van der Waals surface area (Å²) in [6.07, 6.45) is 3.36. The number of hydrogen-bond donors (Lipinski definition) is 1. The molecule has 6 heteroatoms. The van der Waals surface area contributed by atoms with E-state index in [0.29, 0.717) is 23.7 Å². The van der Waals surface area contributed by atoms with Crippen LogP contribution in [0.4, 0.5) is 0 Å². The lowest BCUT2D eigenvalue weighted by molar-refractivity contribution is 0.0647. The summed E-state index contributed by atoms with van der Waals surface area (Å²) in [4.78, 5) is 18.7. The van der Waals surface area contributed by atoms with Gasteiger partial charge in [0.15, 0.2) is 5.65 Å².